The van der Waals surface area contributed by atoms with E-state index < -0.39 is 0 Å². The van der Waals surface area contributed by atoms with Gasteiger partial charge in [0, 0.05) is 6.04 Å². The highest BCUT2D eigenvalue weighted by Crippen LogP contribution is 2.35. The van der Waals surface area contributed by atoms with E-state index in [9.17, 15) is 0 Å². The number of nitrogens with zero attached hydrogens (tertiary/aromatic N) is 3. The average Bonchev–Trinajstić information content (AvgIpc) is 2.75. The fraction of sp³-hybridized carbons (Fsp3) is 0.846. The molecule has 3 rings (SSSR count). The molecule has 0 bridgehead atoms. The Morgan fingerprint density at radius 3 is 2.88 bits per heavy atom. The number of fused-ring (bicyclic) bond motifs is 1. The van der Waals surface area contributed by atoms with E-state index in [-0.39, 0.29) is 0 Å². The van der Waals surface area contributed by atoms with Crippen molar-refractivity contribution in [3.63, 3.8) is 0 Å². The summed E-state index contributed by atoms with van der Waals surface area (Å²) in [7, 11) is 0. The van der Waals surface area contributed by atoms with Crippen molar-refractivity contribution in [2.75, 3.05) is 6.54 Å². The second-order valence-corrected chi connectivity index (χ2v) is 5.46. The Kier molecular flexibility index (Phi) is 3.14. The molecular weight excluding hydrogens is 214 g/mol. The topological polar surface area (TPSA) is 42.2 Å². The van der Waals surface area contributed by atoms with E-state index in [1.165, 1.54) is 45.1 Å². The minimum atomic E-state index is 0.747. The number of hydrogen-bond acceptors (Lipinski definition) is 4. The lowest BCUT2D eigenvalue weighted by molar-refractivity contribution is 0.0466. The Labute approximate surface area is 102 Å². The van der Waals surface area contributed by atoms with Crippen LogP contribution in [-0.2, 0) is 6.54 Å². The summed E-state index contributed by atoms with van der Waals surface area (Å²) in [5.74, 6) is 2.45. The Balaban J connectivity index is 1.68. The maximum absolute atomic E-state index is 5.24. The van der Waals surface area contributed by atoms with Gasteiger partial charge in [-0.3, -0.25) is 4.90 Å². The molecule has 0 radical (unpaired) electrons. The van der Waals surface area contributed by atoms with Crippen LogP contribution in [0, 0.1) is 12.8 Å². The van der Waals surface area contributed by atoms with E-state index in [1.807, 2.05) is 6.92 Å². The van der Waals surface area contributed by atoms with Crippen LogP contribution in [0.5, 0.6) is 0 Å². The van der Waals surface area contributed by atoms with Gasteiger partial charge in [-0.05, 0) is 45.1 Å². The van der Waals surface area contributed by atoms with Crippen LogP contribution < -0.4 is 0 Å². The van der Waals surface area contributed by atoms with Gasteiger partial charge in [0.2, 0.25) is 5.89 Å². The van der Waals surface area contributed by atoms with Crippen molar-refractivity contribution < 1.29 is 4.52 Å². The highest BCUT2D eigenvalue weighted by Gasteiger charge is 2.33. The lowest BCUT2D eigenvalue weighted by Gasteiger charge is -2.43. The van der Waals surface area contributed by atoms with Gasteiger partial charge in [0.15, 0.2) is 5.82 Å². The zero-order valence-electron chi connectivity index (χ0n) is 10.6. The third-order valence-electron chi connectivity index (χ3n) is 4.27. The fourth-order valence-corrected chi connectivity index (χ4v) is 3.50. The normalized spacial score (nSPS) is 30.2. The summed E-state index contributed by atoms with van der Waals surface area (Å²) in [6, 6.07) is 0.768. The standard InChI is InChI=1S/C13H21N3O/c1-10-14-13(17-15-10)9-16-8-4-6-11-5-2-3-7-12(11)16/h11-12H,2-9H2,1H3/t11-,12+/m0/s1. The zero-order chi connectivity index (χ0) is 11.7. The van der Waals surface area contributed by atoms with Gasteiger partial charge >= 0.3 is 0 Å². The first-order valence-electron chi connectivity index (χ1n) is 6.86. The summed E-state index contributed by atoms with van der Waals surface area (Å²) in [4.78, 5) is 6.89. The number of hydrogen-bond donors (Lipinski definition) is 0. The Morgan fingerprint density at radius 2 is 2.06 bits per heavy atom. The third-order valence-corrected chi connectivity index (χ3v) is 4.27. The molecule has 2 aliphatic rings. The van der Waals surface area contributed by atoms with E-state index in [4.69, 9.17) is 4.52 Å². The summed E-state index contributed by atoms with van der Waals surface area (Å²) < 4.78 is 5.24. The molecule has 94 valence electrons. The fourth-order valence-electron chi connectivity index (χ4n) is 3.50. The van der Waals surface area contributed by atoms with Crippen molar-refractivity contribution in [1.29, 1.82) is 0 Å². The highest BCUT2D eigenvalue weighted by atomic mass is 16.5. The van der Waals surface area contributed by atoms with Crippen LogP contribution in [-0.4, -0.2) is 27.6 Å². The molecule has 17 heavy (non-hydrogen) atoms. The van der Waals surface area contributed by atoms with Crippen LogP contribution in [0.4, 0.5) is 0 Å². The van der Waals surface area contributed by atoms with Crippen molar-refractivity contribution in [1.82, 2.24) is 15.0 Å². The van der Waals surface area contributed by atoms with Crippen LogP contribution in [0.2, 0.25) is 0 Å². The highest BCUT2D eigenvalue weighted by molar-refractivity contribution is 4.90. The zero-order valence-corrected chi connectivity index (χ0v) is 10.6. The van der Waals surface area contributed by atoms with Gasteiger partial charge in [0.25, 0.3) is 0 Å². The van der Waals surface area contributed by atoms with Crippen LogP contribution in [0.3, 0.4) is 0 Å². The largest absolute Gasteiger partial charge is 0.338 e. The molecule has 1 saturated heterocycles. The summed E-state index contributed by atoms with van der Waals surface area (Å²) >= 11 is 0. The third kappa shape index (κ3) is 2.37. The van der Waals surface area contributed by atoms with Crippen molar-refractivity contribution in [2.24, 2.45) is 5.92 Å². The summed E-state index contributed by atoms with van der Waals surface area (Å²) in [5.41, 5.74) is 0. The van der Waals surface area contributed by atoms with Crippen LogP contribution in [0.1, 0.15) is 50.2 Å². The van der Waals surface area contributed by atoms with E-state index in [0.29, 0.717) is 0 Å². The minimum Gasteiger partial charge on any atom is -0.338 e. The molecular formula is C13H21N3O. The van der Waals surface area contributed by atoms with Gasteiger partial charge in [-0.25, -0.2) is 0 Å². The summed E-state index contributed by atoms with van der Waals surface area (Å²) in [6.45, 7) is 3.93. The lowest BCUT2D eigenvalue weighted by Crippen LogP contribution is -2.46. The van der Waals surface area contributed by atoms with Gasteiger partial charge in [-0.2, -0.15) is 4.98 Å². The Morgan fingerprint density at radius 1 is 1.24 bits per heavy atom. The smallest absolute Gasteiger partial charge is 0.240 e. The van der Waals surface area contributed by atoms with Crippen LogP contribution >= 0.6 is 0 Å². The average molecular weight is 235 g/mol. The second-order valence-electron chi connectivity index (χ2n) is 5.46. The van der Waals surface area contributed by atoms with Crippen LogP contribution in [0.15, 0.2) is 4.52 Å². The quantitative estimate of drug-likeness (QED) is 0.790. The van der Waals surface area contributed by atoms with Gasteiger partial charge in [-0.1, -0.05) is 18.0 Å². The Hall–Kier alpha value is -0.900. The molecule has 0 aromatic carbocycles. The first-order chi connectivity index (χ1) is 8.33. The summed E-state index contributed by atoms with van der Waals surface area (Å²) in [5, 5.41) is 3.87. The second kappa shape index (κ2) is 4.77. The SMILES string of the molecule is Cc1noc(CN2CCC[C@@H]3CCCC[C@H]32)n1. The molecule has 2 fully saturated rings. The van der Waals surface area contributed by atoms with Gasteiger partial charge in [0.1, 0.15) is 0 Å². The first kappa shape index (κ1) is 11.2. The predicted molar refractivity (Wildman–Crippen MR) is 64.4 cm³/mol. The lowest BCUT2D eigenvalue weighted by atomic mass is 9.78. The van der Waals surface area contributed by atoms with Gasteiger partial charge in [-0.15, -0.1) is 0 Å². The molecule has 0 unspecified atom stereocenters. The molecule has 1 aliphatic carbocycles. The number of aromatic nitrogens is 2. The Bertz CT molecular complexity index is 374. The molecule has 2 heterocycles. The van der Waals surface area contributed by atoms with Gasteiger partial charge in [0.05, 0.1) is 6.54 Å². The number of aryl methyl sites for hydroxylation is 1. The van der Waals surface area contributed by atoms with E-state index >= 15 is 0 Å². The molecule has 2 atom stereocenters. The maximum Gasteiger partial charge on any atom is 0.240 e. The first-order valence-corrected chi connectivity index (χ1v) is 6.86. The van der Waals surface area contributed by atoms with Crippen molar-refractivity contribution in [3.8, 4) is 0 Å². The maximum atomic E-state index is 5.24. The molecule has 0 N–H and O–H groups in total. The molecule has 4 nitrogen and oxygen atoms in total. The van der Waals surface area contributed by atoms with E-state index in [0.717, 1.165) is 30.2 Å². The number of likely N-dealkylation sites (tertiary alicyclic amines) is 1. The van der Waals surface area contributed by atoms with E-state index in [2.05, 4.69) is 15.0 Å². The molecule has 1 aliphatic heterocycles. The molecule has 1 saturated carbocycles. The van der Waals surface area contributed by atoms with Crippen molar-refractivity contribution in [2.45, 2.75) is 58.0 Å². The number of rotatable bonds is 2. The molecule has 1 aromatic heterocycles. The monoisotopic (exact) mass is 235 g/mol. The van der Waals surface area contributed by atoms with Crippen LogP contribution in [0.25, 0.3) is 0 Å². The molecule has 1 aromatic rings. The molecule has 0 spiro atoms. The van der Waals surface area contributed by atoms with E-state index in [1.54, 1.807) is 0 Å². The van der Waals surface area contributed by atoms with Gasteiger partial charge < -0.3 is 4.52 Å². The summed E-state index contributed by atoms with van der Waals surface area (Å²) in [6.07, 6.45) is 8.34. The van der Waals surface area contributed by atoms with Crippen molar-refractivity contribution in [3.05, 3.63) is 11.7 Å². The van der Waals surface area contributed by atoms with Crippen molar-refractivity contribution >= 4 is 0 Å². The predicted octanol–water partition coefficient (Wildman–Crippen LogP) is 2.53. The minimum absolute atomic E-state index is 0.747. The number of piperidine rings is 1. The molecule has 4 heteroatoms. The molecule has 0 amide bonds.